The van der Waals surface area contributed by atoms with Gasteiger partial charge in [-0.3, -0.25) is 14.8 Å². The number of hydrogen-bond acceptors (Lipinski definition) is 5. The van der Waals surface area contributed by atoms with Crippen molar-refractivity contribution in [1.29, 1.82) is 0 Å². The number of esters is 1. The predicted octanol–water partition coefficient (Wildman–Crippen LogP) is 2.74. The summed E-state index contributed by atoms with van der Waals surface area (Å²) in [5.74, 6) is -1.09. The number of ketones is 1. The average molecular weight is 312 g/mol. The van der Waals surface area contributed by atoms with Gasteiger partial charge in [0.05, 0.1) is 24.5 Å². The smallest absolute Gasteiger partial charge is 0.336 e. The van der Waals surface area contributed by atoms with Crippen LogP contribution in [-0.2, 0) is 14.3 Å². The molecule has 1 aromatic rings. The standard InChI is InChI=1S/C18H20N2O3/c1-10-6-4-7-13(19-10)17-15(18(22)23-3)11(2)20-12-8-5-9-14(21)16(12)17/h4,6-7,16-17H,5,8-9H2,1-3H3/t16?,17-/m0/s1. The Balaban J connectivity index is 2.19. The van der Waals surface area contributed by atoms with Crippen molar-refractivity contribution < 1.29 is 14.3 Å². The maximum atomic E-state index is 12.6. The van der Waals surface area contributed by atoms with Crippen LogP contribution in [-0.4, -0.2) is 29.6 Å². The summed E-state index contributed by atoms with van der Waals surface area (Å²) in [5, 5.41) is 0. The number of carbonyl (C=O) groups is 2. The lowest BCUT2D eigenvalue weighted by atomic mass is 9.70. The van der Waals surface area contributed by atoms with Crippen LogP contribution in [0.5, 0.6) is 0 Å². The molecule has 23 heavy (non-hydrogen) atoms. The molecule has 0 radical (unpaired) electrons. The summed E-state index contributed by atoms with van der Waals surface area (Å²) in [4.78, 5) is 34.0. The molecule has 120 valence electrons. The van der Waals surface area contributed by atoms with Crippen LogP contribution in [0.1, 0.15) is 43.5 Å². The fourth-order valence-corrected chi connectivity index (χ4v) is 3.55. The van der Waals surface area contributed by atoms with Crippen molar-refractivity contribution in [2.24, 2.45) is 10.9 Å². The van der Waals surface area contributed by atoms with Crippen LogP contribution in [0.15, 0.2) is 34.5 Å². The largest absolute Gasteiger partial charge is 0.466 e. The van der Waals surface area contributed by atoms with E-state index in [4.69, 9.17) is 4.74 Å². The van der Waals surface area contributed by atoms with Gasteiger partial charge in [0.25, 0.3) is 0 Å². The first-order valence-electron chi connectivity index (χ1n) is 7.85. The van der Waals surface area contributed by atoms with E-state index >= 15 is 0 Å². The minimum absolute atomic E-state index is 0.136. The number of hydrogen-bond donors (Lipinski definition) is 0. The molecule has 3 rings (SSSR count). The summed E-state index contributed by atoms with van der Waals surface area (Å²) < 4.78 is 4.95. The third-order valence-electron chi connectivity index (χ3n) is 4.54. The quantitative estimate of drug-likeness (QED) is 0.787. The molecule has 0 N–H and O–H groups in total. The molecular formula is C18H20N2O3. The molecular weight excluding hydrogens is 292 g/mol. The summed E-state index contributed by atoms with van der Waals surface area (Å²) in [6.07, 6.45) is 2.15. The number of carbonyl (C=O) groups excluding carboxylic acids is 2. The molecule has 2 heterocycles. The Bertz CT molecular complexity index is 734. The SMILES string of the molecule is COC(=O)C1=C(C)N=C2CCCC(=O)C2[C@H]1c1cccc(C)n1. The second-order valence-electron chi connectivity index (χ2n) is 6.07. The molecule has 1 aromatic heterocycles. The van der Waals surface area contributed by atoms with Crippen LogP contribution in [0.2, 0.25) is 0 Å². The highest BCUT2D eigenvalue weighted by atomic mass is 16.5. The molecule has 2 atom stereocenters. The third-order valence-corrected chi connectivity index (χ3v) is 4.54. The highest BCUT2D eigenvalue weighted by molar-refractivity contribution is 6.11. The molecule has 1 aliphatic heterocycles. The lowest BCUT2D eigenvalue weighted by Crippen LogP contribution is -2.39. The highest BCUT2D eigenvalue weighted by Gasteiger charge is 2.44. The number of pyridine rings is 1. The number of rotatable bonds is 2. The zero-order valence-electron chi connectivity index (χ0n) is 13.6. The molecule has 0 amide bonds. The van der Waals surface area contributed by atoms with Crippen molar-refractivity contribution in [3.05, 3.63) is 40.9 Å². The molecule has 1 aliphatic carbocycles. The lowest BCUT2D eigenvalue weighted by Gasteiger charge is -2.34. The zero-order valence-corrected chi connectivity index (χ0v) is 13.6. The molecule has 2 aliphatic rings. The van der Waals surface area contributed by atoms with Crippen LogP contribution in [0, 0.1) is 12.8 Å². The first-order valence-corrected chi connectivity index (χ1v) is 7.85. The summed E-state index contributed by atoms with van der Waals surface area (Å²) in [5.41, 5.74) is 3.55. The van der Waals surface area contributed by atoms with Gasteiger partial charge in [0.15, 0.2) is 0 Å². The number of aliphatic imine (C=N–C) groups is 1. The van der Waals surface area contributed by atoms with Crippen LogP contribution < -0.4 is 0 Å². The Morgan fingerprint density at radius 2 is 2.00 bits per heavy atom. The van der Waals surface area contributed by atoms with Gasteiger partial charge in [-0.15, -0.1) is 0 Å². The van der Waals surface area contributed by atoms with Gasteiger partial charge < -0.3 is 4.74 Å². The van der Waals surface area contributed by atoms with Crippen molar-refractivity contribution in [3.63, 3.8) is 0 Å². The average Bonchev–Trinajstić information content (AvgIpc) is 2.53. The van der Waals surface area contributed by atoms with Crippen molar-refractivity contribution in [1.82, 2.24) is 4.98 Å². The number of aromatic nitrogens is 1. The van der Waals surface area contributed by atoms with Crippen LogP contribution in [0.25, 0.3) is 0 Å². The van der Waals surface area contributed by atoms with Gasteiger partial charge in [-0.1, -0.05) is 6.07 Å². The number of methoxy groups -OCH3 is 1. The van der Waals surface area contributed by atoms with Crippen LogP contribution in [0.3, 0.4) is 0 Å². The van der Waals surface area contributed by atoms with Crippen molar-refractivity contribution in [2.45, 2.75) is 39.0 Å². The first-order chi connectivity index (χ1) is 11.0. The fraction of sp³-hybridized carbons (Fsp3) is 0.444. The minimum Gasteiger partial charge on any atom is -0.466 e. The van der Waals surface area contributed by atoms with Crippen molar-refractivity contribution >= 4 is 17.5 Å². The van der Waals surface area contributed by atoms with E-state index < -0.39 is 17.8 Å². The number of ether oxygens (including phenoxy) is 1. The van der Waals surface area contributed by atoms with E-state index in [-0.39, 0.29) is 5.78 Å². The Kier molecular flexibility index (Phi) is 4.11. The van der Waals surface area contributed by atoms with E-state index in [0.717, 1.165) is 29.9 Å². The molecule has 5 heteroatoms. The molecule has 0 aromatic carbocycles. The van der Waals surface area contributed by atoms with E-state index in [1.165, 1.54) is 7.11 Å². The first kappa shape index (κ1) is 15.6. The van der Waals surface area contributed by atoms with Crippen LogP contribution in [0.4, 0.5) is 0 Å². The molecule has 5 nitrogen and oxygen atoms in total. The number of nitrogens with zero attached hydrogens (tertiary/aromatic N) is 2. The summed E-state index contributed by atoms with van der Waals surface area (Å²) in [7, 11) is 1.35. The Morgan fingerprint density at radius 1 is 1.22 bits per heavy atom. The van der Waals surface area contributed by atoms with E-state index in [9.17, 15) is 9.59 Å². The van der Waals surface area contributed by atoms with Gasteiger partial charge in [-0.2, -0.15) is 0 Å². The Hall–Kier alpha value is -2.30. The minimum atomic E-state index is -0.433. The highest BCUT2D eigenvalue weighted by Crippen LogP contribution is 2.42. The topological polar surface area (TPSA) is 68.6 Å². The maximum absolute atomic E-state index is 12.6. The molecule has 1 saturated carbocycles. The van der Waals surface area contributed by atoms with Crippen molar-refractivity contribution in [2.75, 3.05) is 7.11 Å². The molecule has 0 spiro atoms. The third kappa shape index (κ3) is 2.71. The predicted molar refractivity (Wildman–Crippen MR) is 86.2 cm³/mol. The number of aryl methyl sites for hydroxylation is 1. The van der Waals surface area contributed by atoms with Gasteiger partial charge in [-0.25, -0.2) is 4.79 Å². The van der Waals surface area contributed by atoms with E-state index in [2.05, 4.69) is 9.98 Å². The summed E-state index contributed by atoms with van der Waals surface area (Å²) in [6, 6.07) is 5.68. The van der Waals surface area contributed by atoms with Gasteiger partial charge in [-0.05, 0) is 38.8 Å². The number of allylic oxidation sites excluding steroid dienone is 1. The van der Waals surface area contributed by atoms with Gasteiger partial charge >= 0.3 is 5.97 Å². The van der Waals surface area contributed by atoms with E-state index in [0.29, 0.717) is 17.7 Å². The zero-order chi connectivity index (χ0) is 16.6. The number of Topliss-reactive ketones (excluding diaryl/α,β-unsaturated/α-hetero) is 1. The van der Waals surface area contributed by atoms with E-state index in [1.807, 2.05) is 25.1 Å². The Morgan fingerprint density at radius 3 is 2.70 bits per heavy atom. The monoisotopic (exact) mass is 312 g/mol. The molecule has 1 fully saturated rings. The molecule has 0 saturated heterocycles. The summed E-state index contributed by atoms with van der Waals surface area (Å²) in [6.45, 7) is 3.70. The van der Waals surface area contributed by atoms with E-state index in [1.54, 1.807) is 6.92 Å². The lowest BCUT2D eigenvalue weighted by molar-refractivity contribution is -0.136. The second kappa shape index (κ2) is 6.07. The normalized spacial score (nSPS) is 24.1. The molecule has 1 unspecified atom stereocenters. The summed E-state index contributed by atoms with van der Waals surface area (Å²) >= 11 is 0. The van der Waals surface area contributed by atoms with Gasteiger partial charge in [0.2, 0.25) is 0 Å². The fourth-order valence-electron chi connectivity index (χ4n) is 3.55. The van der Waals surface area contributed by atoms with Gasteiger partial charge in [0, 0.05) is 29.2 Å². The van der Waals surface area contributed by atoms with Gasteiger partial charge in [0.1, 0.15) is 5.78 Å². The Labute approximate surface area is 135 Å². The maximum Gasteiger partial charge on any atom is 0.336 e. The second-order valence-corrected chi connectivity index (χ2v) is 6.07. The molecule has 0 bridgehead atoms. The number of fused-ring (bicyclic) bond motifs is 1. The van der Waals surface area contributed by atoms with Crippen molar-refractivity contribution in [3.8, 4) is 0 Å². The van der Waals surface area contributed by atoms with Crippen LogP contribution >= 0.6 is 0 Å².